The molecule has 0 bridgehead atoms. The van der Waals surface area contributed by atoms with Crippen LogP contribution in [0.15, 0.2) is 88.6 Å². The molecule has 0 aliphatic heterocycles. The summed E-state index contributed by atoms with van der Waals surface area (Å²) >= 11 is 1.41. The Balaban J connectivity index is 1.64. The number of hydrogen-bond donors (Lipinski definition) is 0. The van der Waals surface area contributed by atoms with E-state index in [1.54, 1.807) is 6.26 Å². The van der Waals surface area contributed by atoms with E-state index in [4.69, 9.17) is 4.42 Å². The number of furan rings is 1. The minimum absolute atomic E-state index is 0.0689. The molecule has 0 spiro atoms. The molecular weight excluding hydrogens is 370 g/mol. The van der Waals surface area contributed by atoms with Crippen molar-refractivity contribution in [2.45, 2.75) is 23.9 Å². The van der Waals surface area contributed by atoms with E-state index in [1.807, 2.05) is 72.2 Å². The van der Waals surface area contributed by atoms with Crippen LogP contribution in [0.4, 0.5) is 0 Å². The number of carbonyl (C=O) groups excluding carboxylic acids is 1. The van der Waals surface area contributed by atoms with Crippen molar-refractivity contribution >= 4 is 17.5 Å². The first-order chi connectivity index (χ1) is 13.7. The number of thioether (sulfide) groups is 1. The predicted octanol–water partition coefficient (Wildman–Crippen LogP) is 4.95. The monoisotopic (exact) mass is 389 g/mol. The number of rotatable bonds is 7. The van der Waals surface area contributed by atoms with Gasteiger partial charge in [0.15, 0.2) is 16.7 Å². The standard InChI is InChI=1S/C22H19N3O2S/c1-16(20(26)18-11-6-3-7-12-18)28-22-24-23-21(19-13-8-14-27-19)25(22)15-17-9-4-2-5-10-17/h2-14,16H,15H2,1H3. The van der Waals surface area contributed by atoms with Gasteiger partial charge in [-0.25, -0.2) is 0 Å². The van der Waals surface area contributed by atoms with Crippen molar-refractivity contribution in [1.29, 1.82) is 0 Å². The lowest BCUT2D eigenvalue weighted by molar-refractivity contribution is 0.0994. The van der Waals surface area contributed by atoms with Crippen molar-refractivity contribution < 1.29 is 9.21 Å². The number of carbonyl (C=O) groups is 1. The van der Waals surface area contributed by atoms with Gasteiger partial charge >= 0.3 is 0 Å². The molecular formula is C22H19N3O2S. The second-order valence-electron chi connectivity index (χ2n) is 6.35. The number of aromatic nitrogens is 3. The van der Waals surface area contributed by atoms with Crippen molar-refractivity contribution in [3.8, 4) is 11.6 Å². The van der Waals surface area contributed by atoms with E-state index in [0.717, 1.165) is 5.56 Å². The van der Waals surface area contributed by atoms with Crippen LogP contribution in [0.1, 0.15) is 22.8 Å². The fraction of sp³-hybridized carbons (Fsp3) is 0.136. The third kappa shape index (κ3) is 3.92. The molecule has 0 amide bonds. The molecule has 1 atom stereocenters. The molecule has 28 heavy (non-hydrogen) atoms. The van der Waals surface area contributed by atoms with Gasteiger partial charge in [-0.15, -0.1) is 10.2 Å². The van der Waals surface area contributed by atoms with Gasteiger partial charge < -0.3 is 4.42 Å². The molecule has 4 aromatic rings. The van der Waals surface area contributed by atoms with E-state index in [1.165, 1.54) is 11.8 Å². The molecule has 6 heteroatoms. The fourth-order valence-electron chi connectivity index (χ4n) is 2.92. The van der Waals surface area contributed by atoms with Gasteiger partial charge in [-0.1, -0.05) is 72.4 Å². The normalized spacial score (nSPS) is 12.0. The first-order valence-electron chi connectivity index (χ1n) is 8.99. The van der Waals surface area contributed by atoms with Gasteiger partial charge in [0.05, 0.1) is 18.1 Å². The smallest absolute Gasteiger partial charge is 0.200 e. The summed E-state index contributed by atoms with van der Waals surface area (Å²) in [7, 11) is 0. The zero-order chi connectivity index (χ0) is 19.3. The molecule has 140 valence electrons. The molecule has 0 aliphatic carbocycles. The molecule has 0 aliphatic rings. The van der Waals surface area contributed by atoms with Gasteiger partial charge in [0.2, 0.25) is 5.82 Å². The Morgan fingerprint density at radius 1 is 1.00 bits per heavy atom. The Kier molecular flexibility index (Phi) is 5.39. The molecule has 2 aromatic carbocycles. The zero-order valence-corrected chi connectivity index (χ0v) is 16.2. The van der Waals surface area contributed by atoms with Crippen LogP contribution < -0.4 is 0 Å². The maximum Gasteiger partial charge on any atom is 0.200 e. The SMILES string of the molecule is CC(Sc1nnc(-c2ccco2)n1Cc1ccccc1)C(=O)c1ccccc1. The van der Waals surface area contributed by atoms with Crippen LogP contribution in [0.5, 0.6) is 0 Å². The number of ketones is 1. The average molecular weight is 389 g/mol. The van der Waals surface area contributed by atoms with Crippen LogP contribution in [-0.4, -0.2) is 25.8 Å². The molecule has 4 rings (SSSR count). The van der Waals surface area contributed by atoms with Crippen LogP contribution in [-0.2, 0) is 6.54 Å². The number of hydrogen-bond acceptors (Lipinski definition) is 5. The zero-order valence-electron chi connectivity index (χ0n) is 15.4. The Hall–Kier alpha value is -3.12. The Morgan fingerprint density at radius 3 is 2.39 bits per heavy atom. The average Bonchev–Trinajstić information content (AvgIpc) is 3.39. The lowest BCUT2D eigenvalue weighted by Gasteiger charge is -2.12. The summed E-state index contributed by atoms with van der Waals surface area (Å²) in [6.07, 6.45) is 1.62. The summed E-state index contributed by atoms with van der Waals surface area (Å²) in [5, 5.41) is 9.08. The van der Waals surface area contributed by atoms with Crippen molar-refractivity contribution in [1.82, 2.24) is 14.8 Å². The van der Waals surface area contributed by atoms with E-state index in [9.17, 15) is 4.79 Å². The van der Waals surface area contributed by atoms with E-state index >= 15 is 0 Å². The predicted molar refractivity (Wildman–Crippen MR) is 109 cm³/mol. The molecule has 0 fully saturated rings. The maximum absolute atomic E-state index is 12.8. The summed E-state index contributed by atoms with van der Waals surface area (Å²) in [4.78, 5) is 12.8. The highest BCUT2D eigenvalue weighted by Gasteiger charge is 2.22. The quantitative estimate of drug-likeness (QED) is 0.331. The molecule has 0 N–H and O–H groups in total. The lowest BCUT2D eigenvalue weighted by Crippen LogP contribution is -2.15. The fourth-order valence-corrected chi connectivity index (χ4v) is 3.85. The first kappa shape index (κ1) is 18.3. The van der Waals surface area contributed by atoms with Gasteiger partial charge in [-0.05, 0) is 24.6 Å². The summed E-state index contributed by atoms with van der Waals surface area (Å²) < 4.78 is 7.53. The van der Waals surface area contributed by atoms with Crippen LogP contribution >= 0.6 is 11.8 Å². The van der Waals surface area contributed by atoms with Crippen molar-refractivity contribution in [3.63, 3.8) is 0 Å². The third-order valence-corrected chi connectivity index (χ3v) is 5.43. The second-order valence-corrected chi connectivity index (χ2v) is 7.65. The molecule has 5 nitrogen and oxygen atoms in total. The Labute approximate surface area is 167 Å². The van der Waals surface area contributed by atoms with Crippen LogP contribution in [0, 0.1) is 0 Å². The van der Waals surface area contributed by atoms with Crippen LogP contribution in [0.3, 0.4) is 0 Å². The highest BCUT2D eigenvalue weighted by atomic mass is 32.2. The van der Waals surface area contributed by atoms with Crippen molar-refractivity contribution in [2.75, 3.05) is 0 Å². The summed E-state index contributed by atoms with van der Waals surface area (Å²) in [6.45, 7) is 2.49. The number of nitrogens with zero attached hydrogens (tertiary/aromatic N) is 3. The summed E-state index contributed by atoms with van der Waals surface area (Å²) in [5.74, 6) is 1.37. The molecule has 2 heterocycles. The van der Waals surface area contributed by atoms with Crippen LogP contribution in [0.2, 0.25) is 0 Å². The van der Waals surface area contributed by atoms with E-state index in [0.29, 0.717) is 28.8 Å². The highest BCUT2D eigenvalue weighted by molar-refractivity contribution is 8.00. The lowest BCUT2D eigenvalue weighted by atomic mass is 10.1. The first-order valence-corrected chi connectivity index (χ1v) is 9.87. The third-order valence-electron chi connectivity index (χ3n) is 4.35. The number of benzene rings is 2. The van der Waals surface area contributed by atoms with Crippen molar-refractivity contribution in [2.24, 2.45) is 0 Å². The Morgan fingerprint density at radius 2 is 1.71 bits per heavy atom. The van der Waals surface area contributed by atoms with Crippen molar-refractivity contribution in [3.05, 3.63) is 90.2 Å². The van der Waals surface area contributed by atoms with E-state index < -0.39 is 0 Å². The maximum atomic E-state index is 12.8. The van der Waals surface area contributed by atoms with Gasteiger partial charge in [0.25, 0.3) is 0 Å². The van der Waals surface area contributed by atoms with Gasteiger partial charge in [-0.3, -0.25) is 9.36 Å². The number of Topliss-reactive ketones (excluding diaryl/α,β-unsaturated/α-hetero) is 1. The molecule has 0 radical (unpaired) electrons. The van der Waals surface area contributed by atoms with Crippen LogP contribution in [0.25, 0.3) is 11.6 Å². The summed E-state index contributed by atoms with van der Waals surface area (Å²) in [6, 6.07) is 23.1. The Bertz CT molecular complexity index is 1040. The molecule has 1 unspecified atom stereocenters. The van der Waals surface area contributed by atoms with Gasteiger partial charge in [0, 0.05) is 5.56 Å². The minimum atomic E-state index is -0.287. The largest absolute Gasteiger partial charge is 0.461 e. The van der Waals surface area contributed by atoms with Gasteiger partial charge in [-0.2, -0.15) is 0 Å². The highest BCUT2D eigenvalue weighted by Crippen LogP contribution is 2.29. The summed E-state index contributed by atoms with van der Waals surface area (Å²) in [5.41, 5.74) is 1.82. The second kappa shape index (κ2) is 8.27. The van der Waals surface area contributed by atoms with E-state index in [2.05, 4.69) is 22.3 Å². The van der Waals surface area contributed by atoms with Gasteiger partial charge in [0.1, 0.15) is 0 Å². The molecule has 0 saturated heterocycles. The molecule has 0 saturated carbocycles. The van der Waals surface area contributed by atoms with E-state index in [-0.39, 0.29) is 11.0 Å². The molecule has 2 aromatic heterocycles. The topological polar surface area (TPSA) is 60.9 Å². The minimum Gasteiger partial charge on any atom is -0.461 e.